The molecule has 0 spiro atoms. The fourth-order valence-corrected chi connectivity index (χ4v) is 8.03. The van der Waals surface area contributed by atoms with Crippen LogP contribution in [0.5, 0.6) is 11.5 Å². The van der Waals surface area contributed by atoms with Crippen molar-refractivity contribution >= 4 is 28.6 Å². The summed E-state index contributed by atoms with van der Waals surface area (Å²) in [5.41, 5.74) is 4.41. The minimum absolute atomic E-state index is 0.0441. The minimum Gasteiger partial charge on any atom is -0.506 e. The number of ether oxygens (including phenoxy) is 2. The number of likely N-dealkylation sites (N-methyl/N-ethyl adjacent to an activating group) is 1. The molecule has 7 rings (SSSR count). The quantitative estimate of drug-likeness (QED) is 0.0820. The topological polar surface area (TPSA) is 156 Å². The van der Waals surface area contributed by atoms with E-state index in [9.17, 15) is 24.6 Å². The van der Waals surface area contributed by atoms with Crippen LogP contribution in [0.25, 0.3) is 22.0 Å². The van der Waals surface area contributed by atoms with Crippen molar-refractivity contribution in [3.05, 3.63) is 125 Å². The molecule has 2 fully saturated rings. The summed E-state index contributed by atoms with van der Waals surface area (Å²) < 4.78 is 11.9. The number of likely N-dealkylation sites (tertiary alicyclic amines) is 1. The number of aromatic nitrogens is 1. The highest BCUT2D eigenvalue weighted by Crippen LogP contribution is 2.40. The third kappa shape index (κ3) is 9.57. The summed E-state index contributed by atoms with van der Waals surface area (Å²) in [7, 11) is 1.74. The molecule has 4 aromatic carbocycles. The van der Waals surface area contributed by atoms with Crippen LogP contribution in [0, 0.1) is 11.8 Å². The van der Waals surface area contributed by atoms with Gasteiger partial charge in [0.1, 0.15) is 17.6 Å². The van der Waals surface area contributed by atoms with Crippen LogP contribution in [-0.4, -0.2) is 89.5 Å². The van der Waals surface area contributed by atoms with E-state index < -0.39 is 12.2 Å². The molecule has 2 heterocycles. The fraction of sp³-hybridized carbons (Fsp3) is 0.341. The second-order valence-corrected chi connectivity index (χ2v) is 14.8. The summed E-state index contributed by atoms with van der Waals surface area (Å²) in [5.74, 6) is 1.60. The van der Waals surface area contributed by atoms with E-state index in [4.69, 9.17) is 9.47 Å². The molecule has 2 aliphatic rings. The average molecular weight is 760 g/mol. The van der Waals surface area contributed by atoms with Gasteiger partial charge >= 0.3 is 6.09 Å². The van der Waals surface area contributed by atoms with Gasteiger partial charge in [0, 0.05) is 63.3 Å². The first kappa shape index (κ1) is 38.6. The number of fused-ring (bicyclic) bond motifs is 2. The van der Waals surface area contributed by atoms with Gasteiger partial charge in [0.2, 0.25) is 11.5 Å². The van der Waals surface area contributed by atoms with E-state index in [-0.39, 0.29) is 48.4 Å². The summed E-state index contributed by atoms with van der Waals surface area (Å²) in [6.45, 7) is 4.13. The number of nitrogens with one attached hydrogen (secondary N) is 3. The van der Waals surface area contributed by atoms with Gasteiger partial charge in [-0.3, -0.25) is 19.8 Å². The van der Waals surface area contributed by atoms with Crippen molar-refractivity contribution in [3.63, 3.8) is 0 Å². The number of carbonyl (C=O) groups excluding carboxylic acids is 2. The van der Waals surface area contributed by atoms with Gasteiger partial charge in [-0.1, -0.05) is 66.7 Å². The highest BCUT2D eigenvalue weighted by Gasteiger charge is 2.42. The maximum atomic E-state index is 12.9. The summed E-state index contributed by atoms with van der Waals surface area (Å²) in [4.78, 5) is 44.1. The zero-order valence-electron chi connectivity index (χ0n) is 31.5. The number of hydrogen-bond donors (Lipinski definition) is 5. The first-order valence-electron chi connectivity index (χ1n) is 19.2. The number of amides is 2. The number of anilines is 1. The Morgan fingerprint density at radius 3 is 2.52 bits per heavy atom. The van der Waals surface area contributed by atoms with Gasteiger partial charge in [0.05, 0.1) is 30.3 Å². The van der Waals surface area contributed by atoms with Crippen molar-refractivity contribution < 1.29 is 29.3 Å². The van der Waals surface area contributed by atoms with Gasteiger partial charge in [0.15, 0.2) is 0 Å². The monoisotopic (exact) mass is 759 g/mol. The summed E-state index contributed by atoms with van der Waals surface area (Å²) in [5, 5.41) is 27.6. The first-order valence-corrected chi connectivity index (χ1v) is 19.2. The summed E-state index contributed by atoms with van der Waals surface area (Å²) in [6.07, 6.45) is 0.580. The lowest BCUT2D eigenvalue weighted by Crippen LogP contribution is -2.35. The molecule has 5 N–H and O–H groups in total. The molecule has 1 saturated carbocycles. The smallest absolute Gasteiger partial charge is 0.411 e. The molecule has 292 valence electrons. The predicted octanol–water partition coefficient (Wildman–Crippen LogP) is 5.91. The number of para-hydroxylation sites is 1. The van der Waals surface area contributed by atoms with Crippen molar-refractivity contribution in [1.29, 1.82) is 0 Å². The normalized spacial score (nSPS) is 18.4. The van der Waals surface area contributed by atoms with E-state index in [0.29, 0.717) is 35.9 Å². The number of rotatable bonds is 15. The highest BCUT2D eigenvalue weighted by atomic mass is 16.6. The number of H-pyrrole nitrogens is 1. The van der Waals surface area contributed by atoms with Crippen molar-refractivity contribution in [3.8, 4) is 22.6 Å². The van der Waals surface area contributed by atoms with E-state index in [1.165, 1.54) is 12.1 Å². The van der Waals surface area contributed by atoms with Crippen LogP contribution in [0.15, 0.2) is 108 Å². The Hall–Kier alpha value is -5.69. The Labute approximate surface area is 326 Å². The maximum Gasteiger partial charge on any atom is 0.411 e. The first-order chi connectivity index (χ1) is 27.2. The molecule has 12 nitrogen and oxygen atoms in total. The summed E-state index contributed by atoms with van der Waals surface area (Å²) >= 11 is 0. The van der Waals surface area contributed by atoms with Crippen molar-refractivity contribution in [2.75, 3.05) is 51.7 Å². The molecule has 1 aliphatic carbocycles. The molecule has 12 heteroatoms. The highest BCUT2D eigenvalue weighted by molar-refractivity contribution is 5.91. The largest absolute Gasteiger partial charge is 0.506 e. The molecule has 5 aromatic rings. The van der Waals surface area contributed by atoms with Gasteiger partial charge in [-0.05, 0) is 71.7 Å². The second kappa shape index (κ2) is 17.8. The summed E-state index contributed by atoms with van der Waals surface area (Å²) in [6, 6.07) is 31.8. The number of aliphatic hydroxyl groups is 1. The molecule has 3 atom stereocenters. The minimum atomic E-state index is -0.874. The molecule has 0 radical (unpaired) electrons. The van der Waals surface area contributed by atoms with E-state index in [0.717, 1.165) is 60.6 Å². The molecule has 0 bridgehead atoms. The van der Waals surface area contributed by atoms with E-state index in [2.05, 4.69) is 26.6 Å². The fourth-order valence-electron chi connectivity index (χ4n) is 8.03. The van der Waals surface area contributed by atoms with Crippen LogP contribution in [0.2, 0.25) is 0 Å². The zero-order valence-corrected chi connectivity index (χ0v) is 31.5. The number of pyridine rings is 1. The molecule has 56 heavy (non-hydrogen) atoms. The Morgan fingerprint density at radius 2 is 1.71 bits per heavy atom. The second-order valence-electron chi connectivity index (χ2n) is 14.8. The number of phenols is 1. The number of nitrogens with zero attached hydrogens (tertiary/aromatic N) is 2. The van der Waals surface area contributed by atoms with Crippen LogP contribution in [-0.2, 0) is 16.1 Å². The maximum absolute atomic E-state index is 12.9. The standard InChI is InChI=1S/C44H49N5O7/c1-48(20-19-45-25-40(51)36-14-16-39(50)43-37(36)15-17-41(52)47-43)42(53)18-21-55-33-11-7-8-29(22-33)26-49-27-31-23-34(24-32(31)28-49)56-44(54)46-38-13-6-5-12-35(38)30-9-3-2-4-10-30/h2-17,22,31-32,34,40,45,50-51H,18-21,23-28H2,1H3,(H,46,54)(H,47,52)/t31?,32?,34?,40-/m0/s1. The third-order valence-electron chi connectivity index (χ3n) is 10.8. The Bertz CT molecular complexity index is 2180. The lowest BCUT2D eigenvalue weighted by atomic mass is 10.0. The van der Waals surface area contributed by atoms with Crippen LogP contribution in [0.1, 0.15) is 36.5 Å². The zero-order chi connectivity index (χ0) is 39.0. The Morgan fingerprint density at radius 1 is 0.946 bits per heavy atom. The van der Waals surface area contributed by atoms with Crippen LogP contribution >= 0.6 is 0 Å². The van der Waals surface area contributed by atoms with Crippen molar-refractivity contribution in [1.82, 2.24) is 20.1 Å². The number of aliphatic hydroxyl groups excluding tert-OH is 1. The van der Waals surface area contributed by atoms with Crippen molar-refractivity contribution in [2.24, 2.45) is 11.8 Å². The number of phenolic OH excluding ortho intramolecular Hbond substituents is 1. The van der Waals surface area contributed by atoms with Gasteiger partial charge < -0.3 is 34.9 Å². The molecule has 1 saturated heterocycles. The van der Waals surface area contributed by atoms with E-state index in [1.54, 1.807) is 24.1 Å². The number of hydrogen-bond acceptors (Lipinski definition) is 9. The SMILES string of the molecule is CN(CCNC[C@H](O)c1ccc(O)c2[nH]c(=O)ccc12)C(=O)CCOc1cccc(CN2CC3CC(OC(=O)Nc4ccccc4-c4ccccc4)CC3C2)c1. The number of aromatic hydroxyl groups is 1. The van der Waals surface area contributed by atoms with E-state index in [1.807, 2.05) is 72.8 Å². The number of benzene rings is 4. The molecular weight excluding hydrogens is 711 g/mol. The van der Waals surface area contributed by atoms with Crippen molar-refractivity contribution in [2.45, 2.75) is 38.0 Å². The van der Waals surface area contributed by atoms with E-state index >= 15 is 0 Å². The predicted molar refractivity (Wildman–Crippen MR) is 216 cm³/mol. The van der Waals surface area contributed by atoms with Crippen LogP contribution in [0.4, 0.5) is 10.5 Å². The molecule has 1 aromatic heterocycles. The Balaban J connectivity index is 0.793. The average Bonchev–Trinajstić information content (AvgIpc) is 3.75. The molecule has 2 amide bonds. The van der Waals surface area contributed by atoms with Crippen LogP contribution in [0.3, 0.4) is 0 Å². The van der Waals surface area contributed by atoms with Gasteiger partial charge in [-0.15, -0.1) is 0 Å². The van der Waals surface area contributed by atoms with Crippen LogP contribution < -0.4 is 20.9 Å². The lowest BCUT2D eigenvalue weighted by molar-refractivity contribution is -0.130. The Kier molecular flexibility index (Phi) is 12.3. The van der Waals surface area contributed by atoms with Gasteiger partial charge in [-0.25, -0.2) is 4.79 Å². The number of aromatic amines is 1. The van der Waals surface area contributed by atoms with Gasteiger partial charge in [0.25, 0.3) is 0 Å². The molecule has 1 aliphatic heterocycles. The van der Waals surface area contributed by atoms with Gasteiger partial charge in [-0.2, -0.15) is 0 Å². The lowest BCUT2D eigenvalue weighted by Gasteiger charge is -2.20. The molecular formula is C44H49N5O7. The number of carbonyl (C=O) groups is 2. The third-order valence-corrected chi connectivity index (χ3v) is 10.8. The molecule has 2 unspecified atom stereocenters.